The number of nitrogens with zero attached hydrogens (tertiary/aromatic N) is 2. The van der Waals surface area contributed by atoms with Crippen LogP contribution in [0.1, 0.15) is 41.3 Å². The maximum atomic E-state index is 12.1. The highest BCUT2D eigenvalue weighted by molar-refractivity contribution is 5.77. The van der Waals surface area contributed by atoms with Gasteiger partial charge in [0.1, 0.15) is 6.61 Å². The second-order valence-electron chi connectivity index (χ2n) is 6.83. The number of ether oxygens (including phenoxy) is 1. The largest absolute Gasteiger partial charge is 0.375 e. The summed E-state index contributed by atoms with van der Waals surface area (Å²) in [4.78, 5) is 18.9. The zero-order chi connectivity index (χ0) is 17.6. The van der Waals surface area contributed by atoms with E-state index in [4.69, 9.17) is 9.72 Å². The molecule has 1 aromatic carbocycles. The van der Waals surface area contributed by atoms with Gasteiger partial charge in [0.05, 0.1) is 0 Å². The average molecular weight is 338 g/mol. The minimum absolute atomic E-state index is 0.0723. The van der Waals surface area contributed by atoms with Gasteiger partial charge in [0, 0.05) is 43.9 Å². The van der Waals surface area contributed by atoms with E-state index in [2.05, 4.69) is 49.4 Å². The molecule has 0 N–H and O–H groups in total. The van der Waals surface area contributed by atoms with Gasteiger partial charge in [0.25, 0.3) is 0 Å². The topological polar surface area (TPSA) is 42.4 Å². The van der Waals surface area contributed by atoms with Crippen LogP contribution in [-0.4, -0.2) is 42.6 Å². The smallest absolute Gasteiger partial charge is 0.248 e. The number of benzene rings is 1. The minimum atomic E-state index is 0.0723. The standard InChI is InChI=1S/C21H26N2O2/c1-16-6-3-7-17(12-16)13-19-9-4-10-20(22-19)18-8-5-11-23(14-18)21(24)15-25-2/h3-4,6-7,9-10,12,18H,5,8,11,13-15H2,1-2H3. The van der Waals surface area contributed by atoms with E-state index in [1.807, 2.05) is 4.90 Å². The fraction of sp³-hybridized carbons (Fsp3) is 0.429. The predicted octanol–water partition coefficient (Wildman–Crippen LogP) is 3.33. The Labute approximate surface area is 149 Å². The van der Waals surface area contributed by atoms with Crippen LogP contribution in [0.3, 0.4) is 0 Å². The highest BCUT2D eigenvalue weighted by Gasteiger charge is 2.25. The van der Waals surface area contributed by atoms with Crippen LogP contribution in [0.15, 0.2) is 42.5 Å². The average Bonchev–Trinajstić information content (AvgIpc) is 2.62. The first kappa shape index (κ1) is 17.6. The van der Waals surface area contributed by atoms with E-state index in [9.17, 15) is 4.79 Å². The molecule has 4 nitrogen and oxygen atoms in total. The van der Waals surface area contributed by atoms with Crippen molar-refractivity contribution < 1.29 is 9.53 Å². The van der Waals surface area contributed by atoms with Crippen LogP contribution in [-0.2, 0) is 16.0 Å². The Morgan fingerprint density at radius 3 is 2.92 bits per heavy atom. The zero-order valence-corrected chi connectivity index (χ0v) is 15.1. The van der Waals surface area contributed by atoms with E-state index in [0.717, 1.165) is 43.7 Å². The Hall–Kier alpha value is -2.20. The molecule has 132 valence electrons. The SMILES string of the molecule is COCC(=O)N1CCCC(c2cccc(Cc3cccc(C)c3)n2)C1. The first-order valence-electron chi connectivity index (χ1n) is 8.94. The number of hydrogen-bond donors (Lipinski definition) is 0. The Bertz CT molecular complexity index is 729. The fourth-order valence-electron chi connectivity index (χ4n) is 3.52. The van der Waals surface area contributed by atoms with Crippen LogP contribution in [0.2, 0.25) is 0 Å². The lowest BCUT2D eigenvalue weighted by molar-refractivity contribution is -0.136. The Morgan fingerprint density at radius 1 is 1.28 bits per heavy atom. The summed E-state index contributed by atoms with van der Waals surface area (Å²) in [7, 11) is 1.57. The molecule has 4 heteroatoms. The number of methoxy groups -OCH3 is 1. The van der Waals surface area contributed by atoms with Crippen LogP contribution in [0.4, 0.5) is 0 Å². The predicted molar refractivity (Wildman–Crippen MR) is 98.7 cm³/mol. The minimum Gasteiger partial charge on any atom is -0.375 e. The molecule has 1 fully saturated rings. The van der Waals surface area contributed by atoms with Crippen molar-refractivity contribution >= 4 is 5.91 Å². The van der Waals surface area contributed by atoms with E-state index in [1.165, 1.54) is 11.1 Å². The lowest BCUT2D eigenvalue weighted by Crippen LogP contribution is -2.41. The number of carbonyl (C=O) groups is 1. The van der Waals surface area contributed by atoms with E-state index in [0.29, 0.717) is 5.92 Å². The van der Waals surface area contributed by atoms with Gasteiger partial charge in [-0.1, -0.05) is 35.9 Å². The van der Waals surface area contributed by atoms with Gasteiger partial charge in [-0.25, -0.2) is 0 Å². The van der Waals surface area contributed by atoms with Gasteiger partial charge in [-0.05, 0) is 37.5 Å². The third-order valence-corrected chi connectivity index (χ3v) is 4.76. The lowest BCUT2D eigenvalue weighted by atomic mass is 9.93. The molecule has 0 aliphatic carbocycles. The number of amides is 1. The number of aryl methyl sites for hydroxylation is 1. The first-order valence-corrected chi connectivity index (χ1v) is 8.94. The van der Waals surface area contributed by atoms with Crippen LogP contribution >= 0.6 is 0 Å². The van der Waals surface area contributed by atoms with Crippen LogP contribution in [0.25, 0.3) is 0 Å². The second-order valence-corrected chi connectivity index (χ2v) is 6.83. The van der Waals surface area contributed by atoms with Gasteiger partial charge >= 0.3 is 0 Å². The molecule has 1 amide bonds. The molecule has 1 aromatic heterocycles. The third kappa shape index (κ3) is 4.67. The Balaban J connectivity index is 1.71. The van der Waals surface area contributed by atoms with Gasteiger partial charge in [0.15, 0.2) is 0 Å². The molecule has 1 aliphatic heterocycles. The first-order chi connectivity index (χ1) is 12.2. The number of hydrogen-bond acceptors (Lipinski definition) is 3. The van der Waals surface area contributed by atoms with Crippen LogP contribution < -0.4 is 0 Å². The quantitative estimate of drug-likeness (QED) is 0.840. The van der Waals surface area contributed by atoms with Gasteiger partial charge in [-0.2, -0.15) is 0 Å². The van der Waals surface area contributed by atoms with Gasteiger partial charge in [-0.15, -0.1) is 0 Å². The third-order valence-electron chi connectivity index (χ3n) is 4.76. The summed E-state index contributed by atoms with van der Waals surface area (Å²) in [5, 5.41) is 0. The number of rotatable bonds is 5. The van der Waals surface area contributed by atoms with Gasteiger partial charge in [0.2, 0.25) is 5.91 Å². The Kier molecular flexibility index (Phi) is 5.82. The van der Waals surface area contributed by atoms with Crippen molar-refractivity contribution in [1.29, 1.82) is 0 Å². The van der Waals surface area contributed by atoms with Crippen molar-refractivity contribution in [3.8, 4) is 0 Å². The van der Waals surface area contributed by atoms with E-state index >= 15 is 0 Å². The lowest BCUT2D eigenvalue weighted by Gasteiger charge is -2.32. The molecule has 1 atom stereocenters. The maximum Gasteiger partial charge on any atom is 0.248 e. The second kappa shape index (κ2) is 8.26. The van der Waals surface area contributed by atoms with Crippen molar-refractivity contribution in [1.82, 2.24) is 9.88 Å². The van der Waals surface area contributed by atoms with Gasteiger partial charge in [-0.3, -0.25) is 9.78 Å². The summed E-state index contributed by atoms with van der Waals surface area (Å²) in [6.45, 7) is 3.83. The number of pyridine rings is 1. The molecular weight excluding hydrogens is 312 g/mol. The van der Waals surface area contributed by atoms with Crippen LogP contribution in [0, 0.1) is 6.92 Å². The monoisotopic (exact) mass is 338 g/mol. The van der Waals surface area contributed by atoms with E-state index in [1.54, 1.807) is 7.11 Å². The molecule has 1 saturated heterocycles. The molecule has 1 unspecified atom stereocenters. The van der Waals surface area contributed by atoms with E-state index < -0.39 is 0 Å². The van der Waals surface area contributed by atoms with E-state index in [-0.39, 0.29) is 12.5 Å². The molecule has 0 radical (unpaired) electrons. The summed E-state index contributed by atoms with van der Waals surface area (Å²) < 4.78 is 4.99. The fourth-order valence-corrected chi connectivity index (χ4v) is 3.52. The van der Waals surface area contributed by atoms with Crippen molar-refractivity contribution in [3.05, 3.63) is 65.0 Å². The molecule has 0 bridgehead atoms. The molecular formula is C21H26N2O2. The molecule has 25 heavy (non-hydrogen) atoms. The summed E-state index contributed by atoms with van der Waals surface area (Å²) in [6.07, 6.45) is 2.94. The van der Waals surface area contributed by atoms with Crippen molar-refractivity contribution in [2.24, 2.45) is 0 Å². The number of likely N-dealkylation sites (tertiary alicyclic amines) is 1. The zero-order valence-electron chi connectivity index (χ0n) is 15.1. The molecule has 0 spiro atoms. The highest BCUT2D eigenvalue weighted by Crippen LogP contribution is 2.26. The number of aromatic nitrogens is 1. The number of carbonyl (C=O) groups excluding carboxylic acids is 1. The summed E-state index contributed by atoms with van der Waals surface area (Å²) in [5.41, 5.74) is 4.74. The van der Waals surface area contributed by atoms with Crippen molar-refractivity contribution in [3.63, 3.8) is 0 Å². The molecule has 0 saturated carbocycles. The normalized spacial score (nSPS) is 17.5. The Morgan fingerprint density at radius 2 is 2.12 bits per heavy atom. The van der Waals surface area contributed by atoms with Crippen molar-refractivity contribution in [2.75, 3.05) is 26.8 Å². The molecule has 3 rings (SSSR count). The molecule has 2 aromatic rings. The highest BCUT2D eigenvalue weighted by atomic mass is 16.5. The van der Waals surface area contributed by atoms with Gasteiger partial charge < -0.3 is 9.64 Å². The summed E-state index contributed by atoms with van der Waals surface area (Å²) in [5.74, 6) is 0.384. The van der Waals surface area contributed by atoms with Crippen LogP contribution in [0.5, 0.6) is 0 Å². The molecule has 1 aliphatic rings. The summed E-state index contributed by atoms with van der Waals surface area (Å²) in [6, 6.07) is 14.8. The maximum absolute atomic E-state index is 12.1. The number of piperidine rings is 1. The summed E-state index contributed by atoms with van der Waals surface area (Å²) >= 11 is 0. The molecule has 2 heterocycles. The van der Waals surface area contributed by atoms with Crippen molar-refractivity contribution in [2.45, 2.75) is 32.1 Å².